The van der Waals surface area contributed by atoms with Crippen molar-refractivity contribution >= 4 is 29.5 Å². The maximum absolute atomic E-state index is 12.4. The molecule has 0 N–H and O–H groups in total. The first-order valence-corrected chi connectivity index (χ1v) is 9.49. The summed E-state index contributed by atoms with van der Waals surface area (Å²) in [6.45, 7) is 2.23. The van der Waals surface area contributed by atoms with Crippen LogP contribution < -0.4 is 0 Å². The zero-order valence-corrected chi connectivity index (χ0v) is 14.1. The van der Waals surface area contributed by atoms with Crippen LogP contribution in [0.3, 0.4) is 0 Å². The van der Waals surface area contributed by atoms with Crippen LogP contribution in [0.2, 0.25) is 0 Å². The number of esters is 1. The zero-order chi connectivity index (χ0) is 15.4. The molecule has 114 valence electrons. The lowest BCUT2D eigenvalue weighted by Gasteiger charge is -2.14. The van der Waals surface area contributed by atoms with Gasteiger partial charge >= 0.3 is 5.97 Å². The van der Waals surface area contributed by atoms with Crippen LogP contribution in [0.5, 0.6) is 0 Å². The molecule has 0 radical (unpaired) electrons. The van der Waals surface area contributed by atoms with Gasteiger partial charge in [-0.3, -0.25) is 0 Å². The predicted octanol–water partition coefficient (Wildman–Crippen LogP) is 5.01. The Kier molecular flexibility index (Phi) is 5.11. The summed E-state index contributed by atoms with van der Waals surface area (Å²) < 4.78 is 5.68. The molecule has 1 heterocycles. The first-order chi connectivity index (χ1) is 10.8. The maximum atomic E-state index is 12.4. The molecular formula is C18H18O2S2. The van der Waals surface area contributed by atoms with Crippen molar-refractivity contribution in [3.63, 3.8) is 0 Å². The van der Waals surface area contributed by atoms with Crippen molar-refractivity contribution in [2.75, 3.05) is 18.1 Å². The number of carbonyl (C=O) groups is 1. The van der Waals surface area contributed by atoms with E-state index in [0.717, 1.165) is 11.1 Å². The van der Waals surface area contributed by atoms with Gasteiger partial charge in [0.25, 0.3) is 0 Å². The number of carbonyl (C=O) groups excluding carboxylic acids is 1. The van der Waals surface area contributed by atoms with Crippen molar-refractivity contribution in [3.05, 3.63) is 59.7 Å². The van der Waals surface area contributed by atoms with Crippen molar-refractivity contribution in [2.24, 2.45) is 0 Å². The van der Waals surface area contributed by atoms with Crippen molar-refractivity contribution in [1.29, 1.82) is 0 Å². The quantitative estimate of drug-likeness (QED) is 0.736. The van der Waals surface area contributed by atoms with E-state index in [1.807, 2.05) is 66.8 Å². The molecule has 4 heteroatoms. The highest BCUT2D eigenvalue weighted by Crippen LogP contribution is 2.46. The molecule has 1 fully saturated rings. The second-order valence-electron chi connectivity index (χ2n) is 4.97. The molecule has 0 bridgehead atoms. The number of thioether (sulfide) groups is 2. The van der Waals surface area contributed by atoms with E-state index in [4.69, 9.17) is 4.74 Å². The third-order valence-corrected chi connectivity index (χ3v) is 6.62. The van der Waals surface area contributed by atoms with Crippen LogP contribution in [-0.2, 0) is 4.74 Å². The van der Waals surface area contributed by atoms with Crippen LogP contribution in [0.15, 0.2) is 48.5 Å². The molecule has 2 aromatic carbocycles. The largest absolute Gasteiger partial charge is 0.462 e. The predicted molar refractivity (Wildman–Crippen MR) is 95.5 cm³/mol. The van der Waals surface area contributed by atoms with Gasteiger partial charge in [-0.05, 0) is 29.7 Å². The molecule has 0 saturated carbocycles. The average molecular weight is 330 g/mol. The number of rotatable bonds is 4. The highest BCUT2D eigenvalue weighted by molar-refractivity contribution is 8.19. The molecule has 22 heavy (non-hydrogen) atoms. The molecule has 3 rings (SSSR count). The van der Waals surface area contributed by atoms with E-state index in [1.165, 1.54) is 17.1 Å². The summed E-state index contributed by atoms with van der Waals surface area (Å²) in [5, 5.41) is 0. The number of ether oxygens (including phenoxy) is 1. The lowest BCUT2D eigenvalue weighted by molar-refractivity contribution is 0.0527. The van der Waals surface area contributed by atoms with Crippen LogP contribution in [0.25, 0.3) is 11.1 Å². The van der Waals surface area contributed by atoms with E-state index in [1.54, 1.807) is 0 Å². The van der Waals surface area contributed by atoms with Gasteiger partial charge in [-0.2, -0.15) is 0 Å². The summed E-state index contributed by atoms with van der Waals surface area (Å²) in [6.07, 6.45) is 0. The third kappa shape index (κ3) is 3.33. The minimum atomic E-state index is -0.240. The fourth-order valence-electron chi connectivity index (χ4n) is 2.51. The Morgan fingerprint density at radius 1 is 1.14 bits per heavy atom. The molecular weight excluding hydrogens is 312 g/mol. The van der Waals surface area contributed by atoms with Crippen LogP contribution in [0.1, 0.15) is 27.4 Å². The molecule has 1 aliphatic rings. The Morgan fingerprint density at radius 2 is 1.86 bits per heavy atom. The summed E-state index contributed by atoms with van der Waals surface area (Å²) >= 11 is 3.88. The minimum Gasteiger partial charge on any atom is -0.462 e. The minimum absolute atomic E-state index is 0.240. The van der Waals surface area contributed by atoms with Crippen molar-refractivity contribution < 1.29 is 9.53 Å². The summed E-state index contributed by atoms with van der Waals surface area (Å²) in [5.41, 5.74) is 3.86. The van der Waals surface area contributed by atoms with E-state index in [-0.39, 0.29) is 5.97 Å². The van der Waals surface area contributed by atoms with Gasteiger partial charge < -0.3 is 4.74 Å². The lowest BCUT2D eigenvalue weighted by atomic mass is 9.98. The molecule has 2 aromatic rings. The first kappa shape index (κ1) is 15.5. The van der Waals surface area contributed by atoms with Crippen molar-refractivity contribution in [3.8, 4) is 11.1 Å². The van der Waals surface area contributed by atoms with Crippen LogP contribution in [-0.4, -0.2) is 24.1 Å². The molecule has 1 saturated heterocycles. The number of benzene rings is 2. The second kappa shape index (κ2) is 7.25. The van der Waals surface area contributed by atoms with Gasteiger partial charge in [-0.25, -0.2) is 4.79 Å². The van der Waals surface area contributed by atoms with E-state index in [9.17, 15) is 4.79 Å². The SMILES string of the molecule is CCOC(=O)c1cc(C2SCCS2)ccc1-c1ccccc1. The molecule has 2 nitrogen and oxygen atoms in total. The number of hydrogen-bond acceptors (Lipinski definition) is 4. The van der Waals surface area contributed by atoms with Crippen LogP contribution in [0, 0.1) is 0 Å². The Hall–Kier alpha value is -1.39. The van der Waals surface area contributed by atoms with Gasteiger partial charge in [0, 0.05) is 11.5 Å². The molecule has 0 aliphatic carbocycles. The van der Waals surface area contributed by atoms with Gasteiger partial charge in [0.15, 0.2) is 0 Å². The first-order valence-electron chi connectivity index (χ1n) is 7.39. The smallest absolute Gasteiger partial charge is 0.338 e. The highest BCUT2D eigenvalue weighted by atomic mass is 32.2. The zero-order valence-electron chi connectivity index (χ0n) is 12.5. The average Bonchev–Trinajstić information content (AvgIpc) is 3.10. The highest BCUT2D eigenvalue weighted by Gasteiger charge is 2.22. The maximum Gasteiger partial charge on any atom is 0.338 e. The normalized spacial score (nSPS) is 15.0. The van der Waals surface area contributed by atoms with Crippen molar-refractivity contribution in [1.82, 2.24) is 0 Å². The van der Waals surface area contributed by atoms with E-state index >= 15 is 0 Å². The number of hydrogen-bond donors (Lipinski definition) is 0. The van der Waals surface area contributed by atoms with Gasteiger partial charge in [0.05, 0.1) is 16.8 Å². The van der Waals surface area contributed by atoms with Gasteiger partial charge in [-0.1, -0.05) is 42.5 Å². The van der Waals surface area contributed by atoms with Gasteiger partial charge in [0.2, 0.25) is 0 Å². The monoisotopic (exact) mass is 330 g/mol. The topological polar surface area (TPSA) is 26.3 Å². The van der Waals surface area contributed by atoms with Crippen molar-refractivity contribution in [2.45, 2.75) is 11.5 Å². The van der Waals surface area contributed by atoms with E-state index in [2.05, 4.69) is 12.1 Å². The Balaban J connectivity index is 2.03. The van der Waals surface area contributed by atoms with E-state index < -0.39 is 0 Å². The Labute approximate surface area is 139 Å². The van der Waals surface area contributed by atoms with E-state index in [0.29, 0.717) is 16.8 Å². The van der Waals surface area contributed by atoms with Gasteiger partial charge in [0.1, 0.15) is 0 Å². The molecule has 0 amide bonds. The summed E-state index contributed by atoms with van der Waals surface area (Å²) in [7, 11) is 0. The lowest BCUT2D eigenvalue weighted by Crippen LogP contribution is -2.07. The Morgan fingerprint density at radius 3 is 2.55 bits per heavy atom. The molecule has 0 aromatic heterocycles. The Bertz CT molecular complexity index is 649. The second-order valence-corrected chi connectivity index (χ2v) is 7.69. The summed E-state index contributed by atoms with van der Waals surface area (Å²) in [5.74, 6) is 2.10. The summed E-state index contributed by atoms with van der Waals surface area (Å²) in [6, 6.07) is 16.2. The molecule has 0 atom stereocenters. The van der Waals surface area contributed by atoms with Crippen LogP contribution >= 0.6 is 23.5 Å². The molecule has 1 aliphatic heterocycles. The molecule has 0 unspecified atom stereocenters. The van der Waals surface area contributed by atoms with Gasteiger partial charge in [-0.15, -0.1) is 23.5 Å². The standard InChI is InChI=1S/C18H18O2S2/c1-2-20-17(19)16-12-14(18-21-10-11-22-18)8-9-15(16)13-6-4-3-5-7-13/h3-9,12,18H,2,10-11H2,1H3. The fraction of sp³-hybridized carbons (Fsp3) is 0.278. The molecule has 0 spiro atoms. The third-order valence-electron chi connectivity index (χ3n) is 3.52. The van der Waals surface area contributed by atoms with Crippen LogP contribution in [0.4, 0.5) is 0 Å². The summed E-state index contributed by atoms with van der Waals surface area (Å²) in [4.78, 5) is 12.4. The fourth-order valence-corrected chi connectivity index (χ4v) is 5.34.